The maximum absolute atomic E-state index is 13.2. The fraction of sp³-hybridized carbons (Fsp3) is 0.571. The first kappa shape index (κ1) is 11.4. The molecule has 0 amide bonds. The molecule has 2 heteroatoms. The molecule has 2 atom stereocenters. The van der Waals surface area contributed by atoms with Gasteiger partial charge in [0.15, 0.2) is 0 Å². The summed E-state index contributed by atoms with van der Waals surface area (Å²) in [5, 5.41) is 3.36. The summed E-state index contributed by atoms with van der Waals surface area (Å²) in [5.41, 5.74) is 2.27. The van der Waals surface area contributed by atoms with Gasteiger partial charge in [-0.15, -0.1) is 0 Å². The van der Waals surface area contributed by atoms with E-state index in [1.54, 1.807) is 6.07 Å². The number of rotatable bonds is 3. The highest BCUT2D eigenvalue weighted by molar-refractivity contribution is 5.58. The molecular weight excluding hydrogens is 201 g/mol. The molecule has 1 N–H and O–H groups in total. The van der Waals surface area contributed by atoms with Crippen molar-refractivity contribution in [1.29, 1.82) is 0 Å². The lowest BCUT2D eigenvalue weighted by atomic mass is 9.83. The molecule has 0 saturated carbocycles. The average molecular weight is 221 g/mol. The van der Waals surface area contributed by atoms with Crippen molar-refractivity contribution in [3.8, 4) is 0 Å². The summed E-state index contributed by atoms with van der Waals surface area (Å²) in [7, 11) is 0. The third-order valence-electron chi connectivity index (χ3n) is 3.46. The van der Waals surface area contributed by atoms with Crippen LogP contribution in [0.3, 0.4) is 0 Å². The second-order valence-corrected chi connectivity index (χ2v) is 5.33. The van der Waals surface area contributed by atoms with Crippen LogP contribution < -0.4 is 5.32 Å². The van der Waals surface area contributed by atoms with Gasteiger partial charge in [0, 0.05) is 18.2 Å². The summed E-state index contributed by atoms with van der Waals surface area (Å²) in [6.45, 7) is 7.70. The van der Waals surface area contributed by atoms with Gasteiger partial charge in [-0.05, 0) is 42.0 Å². The van der Waals surface area contributed by atoms with Gasteiger partial charge in [0.2, 0.25) is 0 Å². The second kappa shape index (κ2) is 4.44. The largest absolute Gasteiger partial charge is 0.384 e. The van der Waals surface area contributed by atoms with Crippen molar-refractivity contribution in [1.82, 2.24) is 0 Å². The van der Waals surface area contributed by atoms with Gasteiger partial charge in [-0.1, -0.05) is 20.8 Å². The number of benzene rings is 1. The fourth-order valence-electron chi connectivity index (χ4n) is 2.75. The Morgan fingerprint density at radius 2 is 2.12 bits per heavy atom. The maximum Gasteiger partial charge on any atom is 0.123 e. The van der Waals surface area contributed by atoms with Gasteiger partial charge in [0.1, 0.15) is 5.82 Å². The van der Waals surface area contributed by atoms with Crippen LogP contribution in [-0.4, -0.2) is 6.54 Å². The molecule has 88 valence electrons. The third kappa shape index (κ3) is 2.21. The first-order chi connectivity index (χ1) is 7.58. The molecule has 2 unspecified atom stereocenters. The van der Waals surface area contributed by atoms with E-state index < -0.39 is 0 Å². The quantitative estimate of drug-likeness (QED) is 0.813. The van der Waals surface area contributed by atoms with Crippen molar-refractivity contribution in [3.63, 3.8) is 0 Å². The van der Waals surface area contributed by atoms with Gasteiger partial charge in [-0.2, -0.15) is 0 Å². The zero-order valence-corrected chi connectivity index (χ0v) is 10.3. The normalized spacial score (nSPS) is 20.7. The molecule has 2 rings (SSSR count). The van der Waals surface area contributed by atoms with E-state index in [1.165, 1.54) is 12.5 Å². The van der Waals surface area contributed by atoms with Crippen LogP contribution in [-0.2, 0) is 0 Å². The molecule has 0 fully saturated rings. The van der Waals surface area contributed by atoms with Crippen LogP contribution in [0.25, 0.3) is 0 Å². The van der Waals surface area contributed by atoms with E-state index in [9.17, 15) is 4.39 Å². The standard InChI is InChI=1S/C14H20FN/c1-9(2)6-10(3)13-8-16-14-5-4-11(15)7-12(13)14/h4-5,7,9-10,13,16H,6,8H2,1-3H3. The van der Waals surface area contributed by atoms with E-state index in [-0.39, 0.29) is 5.82 Å². The summed E-state index contributed by atoms with van der Waals surface area (Å²) in [5.74, 6) is 1.65. The molecule has 0 spiro atoms. The highest BCUT2D eigenvalue weighted by Gasteiger charge is 2.27. The SMILES string of the molecule is CC(C)CC(C)C1CNc2ccc(F)cc21. The Kier molecular flexibility index (Phi) is 3.17. The molecule has 0 bridgehead atoms. The van der Waals surface area contributed by atoms with Crippen LogP contribution in [0.4, 0.5) is 10.1 Å². The summed E-state index contributed by atoms with van der Waals surface area (Å²) in [4.78, 5) is 0. The predicted octanol–water partition coefficient (Wildman–Crippen LogP) is 4.02. The highest BCUT2D eigenvalue weighted by Crippen LogP contribution is 2.38. The smallest absolute Gasteiger partial charge is 0.123 e. The number of anilines is 1. The van der Waals surface area contributed by atoms with E-state index in [0.717, 1.165) is 17.8 Å². The summed E-state index contributed by atoms with van der Waals surface area (Å²) < 4.78 is 13.2. The van der Waals surface area contributed by atoms with Gasteiger partial charge < -0.3 is 5.32 Å². The van der Waals surface area contributed by atoms with Gasteiger partial charge in [-0.25, -0.2) is 4.39 Å². The van der Waals surface area contributed by atoms with Crippen molar-refractivity contribution in [3.05, 3.63) is 29.6 Å². The second-order valence-electron chi connectivity index (χ2n) is 5.33. The maximum atomic E-state index is 13.2. The predicted molar refractivity (Wildman–Crippen MR) is 66.2 cm³/mol. The zero-order valence-electron chi connectivity index (χ0n) is 10.3. The molecular formula is C14H20FN. The zero-order chi connectivity index (χ0) is 11.7. The fourth-order valence-corrected chi connectivity index (χ4v) is 2.75. The molecule has 1 nitrogen and oxygen atoms in total. The van der Waals surface area contributed by atoms with Gasteiger partial charge in [0.25, 0.3) is 0 Å². The van der Waals surface area contributed by atoms with Crippen LogP contribution in [0.2, 0.25) is 0 Å². The summed E-state index contributed by atoms with van der Waals surface area (Å²) in [6, 6.07) is 5.07. The van der Waals surface area contributed by atoms with Gasteiger partial charge >= 0.3 is 0 Å². The van der Waals surface area contributed by atoms with Crippen molar-refractivity contribution in [2.24, 2.45) is 11.8 Å². The molecule has 0 radical (unpaired) electrons. The lowest BCUT2D eigenvalue weighted by Crippen LogP contribution is -2.14. The van der Waals surface area contributed by atoms with E-state index >= 15 is 0 Å². The Balaban J connectivity index is 2.19. The van der Waals surface area contributed by atoms with Crippen molar-refractivity contribution < 1.29 is 4.39 Å². The topological polar surface area (TPSA) is 12.0 Å². The number of halogens is 1. The molecule has 1 aliphatic rings. The Morgan fingerprint density at radius 1 is 1.38 bits per heavy atom. The average Bonchev–Trinajstić information content (AvgIpc) is 2.59. The van der Waals surface area contributed by atoms with Crippen LogP contribution in [0.15, 0.2) is 18.2 Å². The van der Waals surface area contributed by atoms with Crippen LogP contribution in [0, 0.1) is 17.7 Å². The lowest BCUT2D eigenvalue weighted by Gasteiger charge is -2.21. The van der Waals surface area contributed by atoms with Crippen molar-refractivity contribution >= 4 is 5.69 Å². The Labute approximate surface area is 97.1 Å². The number of hydrogen-bond donors (Lipinski definition) is 1. The number of hydrogen-bond acceptors (Lipinski definition) is 1. The molecule has 1 aromatic carbocycles. The minimum atomic E-state index is -0.121. The molecule has 0 aliphatic carbocycles. The summed E-state index contributed by atoms with van der Waals surface area (Å²) >= 11 is 0. The Hall–Kier alpha value is -1.05. The minimum Gasteiger partial charge on any atom is -0.384 e. The molecule has 16 heavy (non-hydrogen) atoms. The first-order valence-corrected chi connectivity index (χ1v) is 6.11. The van der Waals surface area contributed by atoms with Crippen LogP contribution >= 0.6 is 0 Å². The van der Waals surface area contributed by atoms with E-state index in [4.69, 9.17) is 0 Å². The Bertz CT molecular complexity index is 373. The van der Waals surface area contributed by atoms with E-state index in [1.807, 2.05) is 6.07 Å². The molecule has 1 heterocycles. The number of fused-ring (bicyclic) bond motifs is 1. The Morgan fingerprint density at radius 3 is 2.81 bits per heavy atom. The van der Waals surface area contributed by atoms with Crippen LogP contribution in [0.1, 0.15) is 38.7 Å². The minimum absolute atomic E-state index is 0.121. The molecule has 1 aliphatic heterocycles. The monoisotopic (exact) mass is 221 g/mol. The third-order valence-corrected chi connectivity index (χ3v) is 3.46. The van der Waals surface area contributed by atoms with E-state index in [0.29, 0.717) is 17.8 Å². The van der Waals surface area contributed by atoms with Crippen LogP contribution in [0.5, 0.6) is 0 Å². The highest BCUT2D eigenvalue weighted by atomic mass is 19.1. The number of nitrogens with one attached hydrogen (secondary N) is 1. The lowest BCUT2D eigenvalue weighted by molar-refractivity contribution is 0.387. The first-order valence-electron chi connectivity index (χ1n) is 6.11. The molecule has 0 saturated heterocycles. The molecule has 0 aromatic heterocycles. The van der Waals surface area contributed by atoms with E-state index in [2.05, 4.69) is 26.1 Å². The van der Waals surface area contributed by atoms with Gasteiger partial charge in [0.05, 0.1) is 0 Å². The van der Waals surface area contributed by atoms with Gasteiger partial charge in [-0.3, -0.25) is 0 Å². The van der Waals surface area contributed by atoms with Crippen molar-refractivity contribution in [2.75, 3.05) is 11.9 Å². The summed E-state index contributed by atoms with van der Waals surface area (Å²) in [6.07, 6.45) is 1.20. The van der Waals surface area contributed by atoms with Crippen molar-refractivity contribution in [2.45, 2.75) is 33.1 Å². The molecule has 1 aromatic rings.